The topological polar surface area (TPSA) is 38.0 Å². The number of nitrogens with one attached hydrogen (secondary N) is 1. The first kappa shape index (κ1) is 12.4. The van der Waals surface area contributed by atoms with Crippen molar-refractivity contribution in [2.75, 3.05) is 11.1 Å². The molecule has 0 aliphatic heterocycles. The lowest BCUT2D eigenvalue weighted by Gasteiger charge is -2.18. The zero-order valence-corrected chi connectivity index (χ0v) is 10.6. The summed E-state index contributed by atoms with van der Waals surface area (Å²) in [5.41, 5.74) is 9.55. The Labute approximate surface area is 107 Å². The number of aryl methyl sites for hydroxylation is 1. The highest BCUT2D eigenvalue weighted by Gasteiger charge is 2.08. The number of benzene rings is 2. The lowest BCUT2D eigenvalue weighted by molar-refractivity contribution is 0.623. The molecule has 1 unspecified atom stereocenters. The van der Waals surface area contributed by atoms with Gasteiger partial charge in [0.15, 0.2) is 0 Å². The molecule has 2 rings (SSSR count). The first-order valence-electron chi connectivity index (χ1n) is 5.95. The number of rotatable bonds is 3. The maximum Gasteiger partial charge on any atom is 0.123 e. The van der Waals surface area contributed by atoms with Crippen LogP contribution in [0.2, 0.25) is 0 Å². The predicted molar refractivity (Wildman–Crippen MR) is 74.0 cm³/mol. The molecule has 94 valence electrons. The average Bonchev–Trinajstić information content (AvgIpc) is 2.35. The van der Waals surface area contributed by atoms with Gasteiger partial charge in [0.25, 0.3) is 0 Å². The second kappa shape index (κ2) is 5.08. The normalized spacial score (nSPS) is 12.2. The summed E-state index contributed by atoms with van der Waals surface area (Å²) in [5.74, 6) is -0.224. The number of hydrogen-bond donors (Lipinski definition) is 2. The van der Waals surface area contributed by atoms with E-state index in [4.69, 9.17) is 5.73 Å². The fourth-order valence-corrected chi connectivity index (χ4v) is 1.90. The summed E-state index contributed by atoms with van der Waals surface area (Å²) in [6.45, 7) is 3.95. The molecule has 0 aliphatic carbocycles. The van der Waals surface area contributed by atoms with Gasteiger partial charge in [0.2, 0.25) is 0 Å². The average molecular weight is 244 g/mol. The van der Waals surface area contributed by atoms with Crippen molar-refractivity contribution in [1.82, 2.24) is 0 Å². The van der Waals surface area contributed by atoms with Crippen molar-refractivity contribution in [2.45, 2.75) is 19.9 Å². The lowest BCUT2D eigenvalue weighted by atomic mass is 10.1. The van der Waals surface area contributed by atoms with E-state index in [1.54, 1.807) is 6.07 Å². The van der Waals surface area contributed by atoms with Gasteiger partial charge in [-0.3, -0.25) is 0 Å². The molecule has 0 saturated carbocycles. The summed E-state index contributed by atoms with van der Waals surface area (Å²) in [4.78, 5) is 0. The van der Waals surface area contributed by atoms with Gasteiger partial charge in [-0.05, 0) is 43.2 Å². The van der Waals surface area contributed by atoms with Crippen LogP contribution in [0.1, 0.15) is 24.1 Å². The summed E-state index contributed by atoms with van der Waals surface area (Å²) in [6, 6.07) is 12.4. The molecule has 0 spiro atoms. The minimum atomic E-state index is -0.224. The highest BCUT2D eigenvalue weighted by Crippen LogP contribution is 2.26. The lowest BCUT2D eigenvalue weighted by Crippen LogP contribution is -2.09. The molecule has 0 aliphatic rings. The first-order valence-corrected chi connectivity index (χ1v) is 5.95. The van der Waals surface area contributed by atoms with Gasteiger partial charge in [0.1, 0.15) is 5.82 Å². The van der Waals surface area contributed by atoms with E-state index < -0.39 is 0 Å². The van der Waals surface area contributed by atoms with Crippen molar-refractivity contribution in [3.05, 3.63) is 59.4 Å². The van der Waals surface area contributed by atoms with Crippen LogP contribution >= 0.6 is 0 Å². The van der Waals surface area contributed by atoms with Crippen LogP contribution in [0.15, 0.2) is 42.5 Å². The molecule has 0 aromatic heterocycles. The van der Waals surface area contributed by atoms with E-state index in [1.165, 1.54) is 12.1 Å². The second-order valence-electron chi connectivity index (χ2n) is 4.46. The third-order valence-electron chi connectivity index (χ3n) is 3.04. The highest BCUT2D eigenvalue weighted by atomic mass is 19.1. The van der Waals surface area contributed by atoms with Gasteiger partial charge in [-0.25, -0.2) is 4.39 Å². The predicted octanol–water partition coefficient (Wildman–Crippen LogP) is 3.89. The summed E-state index contributed by atoms with van der Waals surface area (Å²) < 4.78 is 13.2. The van der Waals surface area contributed by atoms with Crippen molar-refractivity contribution in [3.63, 3.8) is 0 Å². The Kier molecular flexibility index (Phi) is 3.51. The minimum absolute atomic E-state index is 0.00444. The van der Waals surface area contributed by atoms with Crippen LogP contribution in [0.25, 0.3) is 0 Å². The number of para-hydroxylation sites is 1. The molecule has 0 bridgehead atoms. The fourth-order valence-electron chi connectivity index (χ4n) is 1.90. The van der Waals surface area contributed by atoms with Crippen LogP contribution in [0.4, 0.5) is 15.8 Å². The monoisotopic (exact) mass is 244 g/mol. The van der Waals surface area contributed by atoms with Gasteiger partial charge in [-0.15, -0.1) is 0 Å². The summed E-state index contributed by atoms with van der Waals surface area (Å²) in [6.07, 6.45) is 0. The Morgan fingerprint density at radius 1 is 1.17 bits per heavy atom. The number of hydrogen-bond acceptors (Lipinski definition) is 2. The Hall–Kier alpha value is -2.03. The van der Waals surface area contributed by atoms with Crippen molar-refractivity contribution < 1.29 is 4.39 Å². The van der Waals surface area contributed by atoms with Crippen LogP contribution in [0, 0.1) is 12.7 Å². The Morgan fingerprint density at radius 2 is 1.89 bits per heavy atom. The molecule has 0 heterocycles. The van der Waals surface area contributed by atoms with Crippen LogP contribution in [0.3, 0.4) is 0 Å². The van der Waals surface area contributed by atoms with E-state index in [0.717, 1.165) is 22.5 Å². The molecule has 3 heteroatoms. The Balaban J connectivity index is 2.21. The van der Waals surface area contributed by atoms with E-state index in [9.17, 15) is 4.39 Å². The second-order valence-corrected chi connectivity index (χ2v) is 4.46. The zero-order valence-electron chi connectivity index (χ0n) is 10.6. The van der Waals surface area contributed by atoms with Crippen LogP contribution in [0.5, 0.6) is 0 Å². The highest BCUT2D eigenvalue weighted by molar-refractivity contribution is 5.70. The number of anilines is 2. The van der Waals surface area contributed by atoms with E-state index >= 15 is 0 Å². The molecule has 2 aromatic rings. The molecule has 2 nitrogen and oxygen atoms in total. The molecular formula is C15H17FN2. The maximum absolute atomic E-state index is 13.2. The van der Waals surface area contributed by atoms with Gasteiger partial charge >= 0.3 is 0 Å². The van der Waals surface area contributed by atoms with E-state index in [2.05, 4.69) is 5.32 Å². The molecule has 0 amide bonds. The quantitative estimate of drug-likeness (QED) is 0.804. The van der Waals surface area contributed by atoms with Crippen LogP contribution in [-0.2, 0) is 0 Å². The molecule has 0 radical (unpaired) electrons. The molecular weight excluding hydrogens is 227 g/mol. The van der Waals surface area contributed by atoms with Crippen molar-refractivity contribution in [1.29, 1.82) is 0 Å². The third-order valence-corrected chi connectivity index (χ3v) is 3.04. The van der Waals surface area contributed by atoms with Gasteiger partial charge in [-0.1, -0.05) is 24.3 Å². The van der Waals surface area contributed by atoms with E-state index in [1.807, 2.05) is 38.1 Å². The number of nitrogens with two attached hydrogens (primary N) is 1. The van der Waals surface area contributed by atoms with Crippen LogP contribution < -0.4 is 11.1 Å². The van der Waals surface area contributed by atoms with E-state index in [-0.39, 0.29) is 11.9 Å². The minimum Gasteiger partial charge on any atom is -0.397 e. The SMILES string of the molecule is Cc1cccc(NC(C)c2cccc(F)c2)c1N. The van der Waals surface area contributed by atoms with Crippen LogP contribution in [-0.4, -0.2) is 0 Å². The number of nitrogen functional groups attached to an aromatic ring is 1. The number of halogens is 1. The van der Waals surface area contributed by atoms with Crippen molar-refractivity contribution in [3.8, 4) is 0 Å². The van der Waals surface area contributed by atoms with Gasteiger partial charge in [0, 0.05) is 6.04 Å². The smallest absolute Gasteiger partial charge is 0.123 e. The third kappa shape index (κ3) is 2.62. The van der Waals surface area contributed by atoms with Gasteiger partial charge in [-0.2, -0.15) is 0 Å². The fraction of sp³-hybridized carbons (Fsp3) is 0.200. The maximum atomic E-state index is 13.2. The van der Waals surface area contributed by atoms with Crippen molar-refractivity contribution >= 4 is 11.4 Å². The van der Waals surface area contributed by atoms with Crippen molar-refractivity contribution in [2.24, 2.45) is 0 Å². The molecule has 2 aromatic carbocycles. The Morgan fingerprint density at radius 3 is 2.61 bits per heavy atom. The molecule has 1 atom stereocenters. The largest absolute Gasteiger partial charge is 0.397 e. The molecule has 18 heavy (non-hydrogen) atoms. The zero-order chi connectivity index (χ0) is 13.1. The van der Waals surface area contributed by atoms with Gasteiger partial charge in [0.05, 0.1) is 11.4 Å². The molecule has 3 N–H and O–H groups in total. The summed E-state index contributed by atoms with van der Waals surface area (Å²) in [7, 11) is 0. The Bertz CT molecular complexity index is 552. The van der Waals surface area contributed by atoms with Gasteiger partial charge < -0.3 is 11.1 Å². The van der Waals surface area contributed by atoms with E-state index in [0.29, 0.717) is 0 Å². The standard InChI is InChI=1S/C15H17FN2/c1-10-5-3-8-14(15(10)17)18-11(2)12-6-4-7-13(16)9-12/h3-9,11,18H,17H2,1-2H3. The molecule has 0 fully saturated rings. The summed E-state index contributed by atoms with van der Waals surface area (Å²) >= 11 is 0. The summed E-state index contributed by atoms with van der Waals surface area (Å²) in [5, 5.41) is 3.30. The first-order chi connectivity index (χ1) is 8.58. The molecule has 0 saturated heterocycles.